The van der Waals surface area contributed by atoms with Gasteiger partial charge in [0.1, 0.15) is 0 Å². The predicted octanol–water partition coefficient (Wildman–Crippen LogP) is 4.09. The quantitative estimate of drug-likeness (QED) is 0.774. The highest BCUT2D eigenvalue weighted by molar-refractivity contribution is 5.16. The van der Waals surface area contributed by atoms with Crippen molar-refractivity contribution in [3.05, 3.63) is 71.8 Å². The number of hydrogen-bond donors (Lipinski definition) is 1. The molecule has 26 heavy (non-hydrogen) atoms. The van der Waals surface area contributed by atoms with Crippen LogP contribution in [0.1, 0.15) is 37.2 Å². The van der Waals surface area contributed by atoms with Gasteiger partial charge >= 0.3 is 0 Å². The molecule has 4 heteroatoms. The van der Waals surface area contributed by atoms with Gasteiger partial charge in [0.2, 0.25) is 0 Å². The zero-order chi connectivity index (χ0) is 18.2. The first-order valence-electron chi connectivity index (χ1n) is 9.34. The van der Waals surface area contributed by atoms with Gasteiger partial charge in [0.15, 0.2) is 6.29 Å². The van der Waals surface area contributed by atoms with Gasteiger partial charge in [-0.3, -0.25) is 0 Å². The first-order valence-corrected chi connectivity index (χ1v) is 9.34. The van der Waals surface area contributed by atoms with Crippen LogP contribution in [-0.2, 0) is 20.8 Å². The van der Waals surface area contributed by atoms with Crippen molar-refractivity contribution in [3.8, 4) is 0 Å². The van der Waals surface area contributed by atoms with Crippen molar-refractivity contribution in [2.45, 2.75) is 44.9 Å². The third-order valence-corrected chi connectivity index (χ3v) is 4.76. The Hall–Kier alpha value is -1.72. The van der Waals surface area contributed by atoms with Crippen molar-refractivity contribution < 1.29 is 19.3 Å². The number of benzene rings is 2. The molecule has 1 aliphatic heterocycles. The van der Waals surface area contributed by atoms with E-state index in [9.17, 15) is 5.11 Å². The van der Waals surface area contributed by atoms with E-state index in [1.54, 1.807) is 0 Å². The van der Waals surface area contributed by atoms with Crippen LogP contribution in [0.15, 0.2) is 60.7 Å². The highest BCUT2D eigenvalue weighted by Gasteiger charge is 2.33. The van der Waals surface area contributed by atoms with Gasteiger partial charge < -0.3 is 19.3 Å². The third kappa shape index (κ3) is 5.39. The van der Waals surface area contributed by atoms with Crippen LogP contribution in [0, 0.1) is 5.92 Å². The average molecular weight is 356 g/mol. The highest BCUT2D eigenvalue weighted by atomic mass is 16.7. The Morgan fingerprint density at radius 1 is 1.04 bits per heavy atom. The van der Waals surface area contributed by atoms with Gasteiger partial charge in [-0.2, -0.15) is 0 Å². The summed E-state index contributed by atoms with van der Waals surface area (Å²) in [7, 11) is 0. The van der Waals surface area contributed by atoms with Crippen LogP contribution in [-0.4, -0.2) is 30.5 Å². The van der Waals surface area contributed by atoms with Crippen LogP contribution < -0.4 is 0 Å². The highest BCUT2D eigenvalue weighted by Crippen LogP contribution is 2.33. The van der Waals surface area contributed by atoms with E-state index in [-0.39, 0.29) is 31.0 Å². The lowest BCUT2D eigenvalue weighted by Crippen LogP contribution is -2.39. The first-order chi connectivity index (χ1) is 12.8. The van der Waals surface area contributed by atoms with E-state index in [4.69, 9.17) is 14.2 Å². The summed E-state index contributed by atoms with van der Waals surface area (Å²) >= 11 is 0. The number of ether oxygens (including phenoxy) is 3. The second-order valence-electron chi connectivity index (χ2n) is 6.90. The second kappa shape index (κ2) is 9.83. The molecule has 2 aromatic carbocycles. The number of aliphatic hydroxyl groups is 1. The minimum atomic E-state index is -0.386. The lowest BCUT2D eigenvalue weighted by Gasteiger charge is -2.38. The molecule has 4 nitrogen and oxygen atoms in total. The first kappa shape index (κ1) is 19.1. The monoisotopic (exact) mass is 356 g/mol. The summed E-state index contributed by atoms with van der Waals surface area (Å²) in [5.41, 5.74) is 2.19. The van der Waals surface area contributed by atoms with Crippen molar-refractivity contribution >= 4 is 0 Å². The number of rotatable bonds is 8. The Labute approximate surface area is 155 Å². The topological polar surface area (TPSA) is 47.9 Å². The van der Waals surface area contributed by atoms with Gasteiger partial charge in [-0.1, -0.05) is 67.6 Å². The normalized spacial score (nSPS) is 24.3. The molecule has 140 valence electrons. The van der Waals surface area contributed by atoms with Crippen LogP contribution in [0.25, 0.3) is 0 Å². The minimum Gasteiger partial charge on any atom is -0.396 e. The molecule has 1 heterocycles. The van der Waals surface area contributed by atoms with Crippen LogP contribution in [0.5, 0.6) is 0 Å². The molecule has 1 N–H and O–H groups in total. The van der Waals surface area contributed by atoms with E-state index in [2.05, 4.69) is 19.1 Å². The molecule has 0 aliphatic carbocycles. The van der Waals surface area contributed by atoms with Gasteiger partial charge in [0.05, 0.1) is 25.4 Å². The molecular weight excluding hydrogens is 328 g/mol. The van der Waals surface area contributed by atoms with Crippen molar-refractivity contribution in [1.29, 1.82) is 0 Å². The maximum Gasteiger partial charge on any atom is 0.184 e. The molecular formula is C22H28O4. The molecule has 1 unspecified atom stereocenters. The number of hydrogen-bond acceptors (Lipinski definition) is 4. The van der Waals surface area contributed by atoms with Crippen LogP contribution in [0.3, 0.4) is 0 Å². The summed E-state index contributed by atoms with van der Waals surface area (Å²) < 4.78 is 18.2. The molecule has 2 aromatic rings. The Bertz CT molecular complexity index is 631. The minimum absolute atomic E-state index is 0.000490. The maximum absolute atomic E-state index is 9.32. The van der Waals surface area contributed by atoms with E-state index >= 15 is 0 Å². The fourth-order valence-electron chi connectivity index (χ4n) is 3.24. The summed E-state index contributed by atoms with van der Waals surface area (Å²) in [6.45, 7) is 3.51. The van der Waals surface area contributed by atoms with E-state index in [0.717, 1.165) is 12.0 Å². The van der Waals surface area contributed by atoms with Crippen LogP contribution in [0.4, 0.5) is 0 Å². The Morgan fingerprint density at radius 3 is 2.42 bits per heavy atom. The molecule has 3 rings (SSSR count). The fourth-order valence-corrected chi connectivity index (χ4v) is 3.24. The zero-order valence-electron chi connectivity index (χ0n) is 15.3. The average Bonchev–Trinajstić information content (AvgIpc) is 2.69. The summed E-state index contributed by atoms with van der Waals surface area (Å²) in [6.07, 6.45) is 1.06. The van der Waals surface area contributed by atoms with Crippen LogP contribution >= 0.6 is 0 Å². The smallest absolute Gasteiger partial charge is 0.184 e. The molecule has 0 bridgehead atoms. The SMILES string of the molecule is C[C@@H](COCc1ccccc1)[C@@H]1C[C@H](CCO)OC(c2ccccc2)O1. The molecule has 1 saturated heterocycles. The molecule has 1 aliphatic rings. The second-order valence-corrected chi connectivity index (χ2v) is 6.90. The largest absolute Gasteiger partial charge is 0.396 e. The molecule has 0 radical (unpaired) electrons. The van der Waals surface area contributed by atoms with Gasteiger partial charge in [-0.05, 0) is 12.0 Å². The van der Waals surface area contributed by atoms with Gasteiger partial charge in [-0.15, -0.1) is 0 Å². The van der Waals surface area contributed by atoms with Gasteiger partial charge in [0, 0.05) is 24.5 Å². The Kier molecular flexibility index (Phi) is 7.21. The van der Waals surface area contributed by atoms with Gasteiger partial charge in [0.25, 0.3) is 0 Å². The molecule has 1 fully saturated rings. The maximum atomic E-state index is 9.32. The van der Waals surface area contributed by atoms with E-state index in [1.807, 2.05) is 48.5 Å². The third-order valence-electron chi connectivity index (χ3n) is 4.76. The van der Waals surface area contributed by atoms with E-state index in [0.29, 0.717) is 19.6 Å². The molecule has 0 amide bonds. The fraction of sp³-hybridized carbons (Fsp3) is 0.455. The molecule has 0 aromatic heterocycles. The predicted molar refractivity (Wildman–Crippen MR) is 101 cm³/mol. The lowest BCUT2D eigenvalue weighted by atomic mass is 9.96. The van der Waals surface area contributed by atoms with Crippen molar-refractivity contribution in [2.24, 2.45) is 5.92 Å². The Balaban J connectivity index is 1.57. The standard InChI is InChI=1S/C22H28O4/c1-17(15-24-16-18-8-4-2-5-9-18)21-14-20(12-13-23)25-22(26-21)19-10-6-3-7-11-19/h2-11,17,20-23H,12-16H2,1H3/t17-,20-,21-,22?/m0/s1. The molecule has 0 spiro atoms. The summed E-state index contributed by atoms with van der Waals surface area (Å²) in [6, 6.07) is 20.2. The van der Waals surface area contributed by atoms with Crippen molar-refractivity contribution in [1.82, 2.24) is 0 Å². The molecule has 0 saturated carbocycles. The number of aliphatic hydroxyl groups excluding tert-OH is 1. The van der Waals surface area contributed by atoms with Gasteiger partial charge in [-0.25, -0.2) is 0 Å². The summed E-state index contributed by atoms with van der Waals surface area (Å²) in [5, 5.41) is 9.32. The molecule has 4 atom stereocenters. The zero-order valence-corrected chi connectivity index (χ0v) is 15.3. The van der Waals surface area contributed by atoms with E-state index in [1.165, 1.54) is 5.56 Å². The van der Waals surface area contributed by atoms with Crippen LogP contribution in [0.2, 0.25) is 0 Å². The van der Waals surface area contributed by atoms with Crippen molar-refractivity contribution in [3.63, 3.8) is 0 Å². The summed E-state index contributed by atoms with van der Waals surface area (Å²) in [4.78, 5) is 0. The summed E-state index contributed by atoms with van der Waals surface area (Å²) in [5.74, 6) is 0.245. The lowest BCUT2D eigenvalue weighted by molar-refractivity contribution is -0.261. The Morgan fingerprint density at radius 2 is 1.73 bits per heavy atom. The van der Waals surface area contributed by atoms with Crippen molar-refractivity contribution in [2.75, 3.05) is 13.2 Å². The van der Waals surface area contributed by atoms with E-state index < -0.39 is 0 Å².